The van der Waals surface area contributed by atoms with Gasteiger partial charge in [0.15, 0.2) is 4.67 Å². The highest BCUT2D eigenvalue weighted by molar-refractivity contribution is 9.10. The number of esters is 1. The summed E-state index contributed by atoms with van der Waals surface area (Å²) in [4.78, 5) is 11.5. The van der Waals surface area contributed by atoms with Crippen molar-refractivity contribution in [2.75, 3.05) is 6.61 Å². The number of halogens is 1. The summed E-state index contributed by atoms with van der Waals surface area (Å²) in [6.45, 7) is 4.20. The second-order valence-electron chi connectivity index (χ2n) is 3.84. The van der Waals surface area contributed by atoms with E-state index < -0.39 is 0 Å². The number of carbonyl (C=O) groups excluding carboxylic acids is 1. The van der Waals surface area contributed by atoms with Gasteiger partial charge in [-0.3, -0.25) is 4.79 Å². The Kier molecular flexibility index (Phi) is 3.52. The van der Waals surface area contributed by atoms with Crippen LogP contribution in [0.25, 0.3) is 11.0 Å². The summed E-state index contributed by atoms with van der Waals surface area (Å²) in [5.74, 6) is -0.239. The molecule has 0 saturated heterocycles. The molecule has 90 valence electrons. The molecule has 0 radical (unpaired) electrons. The van der Waals surface area contributed by atoms with E-state index in [-0.39, 0.29) is 12.4 Å². The van der Waals surface area contributed by atoms with Crippen LogP contribution >= 0.6 is 15.9 Å². The van der Waals surface area contributed by atoms with Gasteiger partial charge in [0.05, 0.1) is 13.0 Å². The van der Waals surface area contributed by atoms with Crippen LogP contribution in [0.5, 0.6) is 0 Å². The van der Waals surface area contributed by atoms with Crippen LogP contribution in [0, 0.1) is 6.92 Å². The lowest BCUT2D eigenvalue weighted by Crippen LogP contribution is -2.07. The Morgan fingerprint density at radius 3 is 2.94 bits per heavy atom. The fourth-order valence-corrected chi connectivity index (χ4v) is 2.28. The zero-order valence-corrected chi connectivity index (χ0v) is 11.3. The summed E-state index contributed by atoms with van der Waals surface area (Å²) in [6, 6.07) is 5.90. The van der Waals surface area contributed by atoms with Crippen molar-refractivity contribution in [1.29, 1.82) is 0 Å². The van der Waals surface area contributed by atoms with Crippen molar-refractivity contribution >= 4 is 32.9 Å². The molecule has 17 heavy (non-hydrogen) atoms. The van der Waals surface area contributed by atoms with Gasteiger partial charge in [-0.1, -0.05) is 11.6 Å². The molecule has 0 aliphatic heterocycles. The average Bonchev–Trinajstić information content (AvgIpc) is 2.56. The van der Waals surface area contributed by atoms with Crippen molar-refractivity contribution < 1.29 is 13.9 Å². The van der Waals surface area contributed by atoms with Gasteiger partial charge in [-0.05, 0) is 41.9 Å². The Balaban J connectivity index is 2.41. The second-order valence-corrected chi connectivity index (χ2v) is 4.56. The minimum Gasteiger partial charge on any atom is -0.466 e. The Morgan fingerprint density at radius 1 is 1.47 bits per heavy atom. The average molecular weight is 297 g/mol. The first-order chi connectivity index (χ1) is 8.11. The van der Waals surface area contributed by atoms with E-state index in [9.17, 15) is 4.79 Å². The summed E-state index contributed by atoms with van der Waals surface area (Å²) >= 11 is 3.34. The van der Waals surface area contributed by atoms with E-state index in [0.29, 0.717) is 11.3 Å². The van der Waals surface area contributed by atoms with E-state index in [1.54, 1.807) is 6.92 Å². The van der Waals surface area contributed by atoms with Gasteiger partial charge >= 0.3 is 5.97 Å². The van der Waals surface area contributed by atoms with Crippen LogP contribution < -0.4 is 0 Å². The normalized spacial score (nSPS) is 10.8. The van der Waals surface area contributed by atoms with Gasteiger partial charge in [-0.25, -0.2) is 0 Å². The molecular formula is C13H13BrO3. The molecule has 2 rings (SSSR count). The summed E-state index contributed by atoms with van der Waals surface area (Å²) < 4.78 is 11.1. The van der Waals surface area contributed by atoms with E-state index in [2.05, 4.69) is 15.9 Å². The van der Waals surface area contributed by atoms with E-state index in [1.165, 1.54) is 0 Å². The van der Waals surface area contributed by atoms with Crippen LogP contribution in [0.3, 0.4) is 0 Å². The first-order valence-corrected chi connectivity index (χ1v) is 6.24. The van der Waals surface area contributed by atoms with Crippen molar-refractivity contribution in [2.45, 2.75) is 20.3 Å². The van der Waals surface area contributed by atoms with Gasteiger partial charge in [0.2, 0.25) is 0 Å². The first kappa shape index (κ1) is 12.2. The van der Waals surface area contributed by atoms with Gasteiger partial charge in [0.1, 0.15) is 5.58 Å². The van der Waals surface area contributed by atoms with Gasteiger partial charge in [-0.2, -0.15) is 0 Å². The van der Waals surface area contributed by atoms with E-state index in [4.69, 9.17) is 9.15 Å². The van der Waals surface area contributed by atoms with Crippen molar-refractivity contribution in [2.24, 2.45) is 0 Å². The smallest absolute Gasteiger partial charge is 0.310 e. The molecule has 1 aromatic carbocycles. The third-order valence-electron chi connectivity index (χ3n) is 2.52. The third-order valence-corrected chi connectivity index (χ3v) is 3.16. The molecule has 0 unspecified atom stereocenters. The van der Waals surface area contributed by atoms with Crippen LogP contribution in [-0.4, -0.2) is 12.6 Å². The lowest BCUT2D eigenvalue weighted by atomic mass is 10.1. The molecule has 2 aromatic rings. The van der Waals surface area contributed by atoms with Crippen molar-refractivity contribution in [1.82, 2.24) is 0 Å². The molecule has 0 atom stereocenters. The third kappa shape index (κ3) is 2.52. The Labute approximate surface area is 108 Å². The van der Waals surface area contributed by atoms with E-state index in [1.807, 2.05) is 25.1 Å². The molecule has 4 heteroatoms. The summed E-state index contributed by atoms with van der Waals surface area (Å²) in [5, 5.41) is 0.963. The topological polar surface area (TPSA) is 39.4 Å². The van der Waals surface area contributed by atoms with Crippen LogP contribution in [0.1, 0.15) is 18.1 Å². The number of hydrogen-bond donors (Lipinski definition) is 0. The maximum Gasteiger partial charge on any atom is 0.310 e. The molecule has 0 bridgehead atoms. The molecule has 1 aromatic heterocycles. The SMILES string of the molecule is CCOC(=O)Cc1c(Br)oc2ccc(C)cc12. The highest BCUT2D eigenvalue weighted by Gasteiger charge is 2.16. The number of carbonyl (C=O) groups is 1. The molecule has 0 amide bonds. The Bertz CT molecular complexity index is 557. The van der Waals surface area contributed by atoms with E-state index in [0.717, 1.165) is 22.1 Å². The minimum absolute atomic E-state index is 0.227. The number of aryl methyl sites for hydroxylation is 1. The van der Waals surface area contributed by atoms with Gasteiger partial charge in [-0.15, -0.1) is 0 Å². The molecule has 0 spiro atoms. The van der Waals surface area contributed by atoms with Crippen LogP contribution in [0.15, 0.2) is 27.3 Å². The number of hydrogen-bond acceptors (Lipinski definition) is 3. The molecule has 0 saturated carbocycles. The summed E-state index contributed by atoms with van der Waals surface area (Å²) in [5.41, 5.74) is 2.76. The Hall–Kier alpha value is -1.29. The van der Waals surface area contributed by atoms with Gasteiger partial charge in [0.25, 0.3) is 0 Å². The molecule has 1 heterocycles. The molecule has 0 N–H and O–H groups in total. The number of furan rings is 1. The molecular weight excluding hydrogens is 284 g/mol. The highest BCUT2D eigenvalue weighted by atomic mass is 79.9. The monoisotopic (exact) mass is 296 g/mol. The minimum atomic E-state index is -0.239. The predicted molar refractivity (Wildman–Crippen MR) is 69.0 cm³/mol. The van der Waals surface area contributed by atoms with Crippen LogP contribution in [0.4, 0.5) is 0 Å². The maximum absolute atomic E-state index is 11.5. The highest BCUT2D eigenvalue weighted by Crippen LogP contribution is 2.31. The Morgan fingerprint density at radius 2 is 2.24 bits per heavy atom. The number of benzene rings is 1. The van der Waals surface area contributed by atoms with Crippen molar-refractivity contribution in [3.8, 4) is 0 Å². The van der Waals surface area contributed by atoms with E-state index >= 15 is 0 Å². The molecule has 0 aliphatic carbocycles. The zero-order valence-electron chi connectivity index (χ0n) is 9.75. The maximum atomic E-state index is 11.5. The van der Waals surface area contributed by atoms with Crippen molar-refractivity contribution in [3.63, 3.8) is 0 Å². The largest absolute Gasteiger partial charge is 0.466 e. The van der Waals surface area contributed by atoms with Crippen molar-refractivity contribution in [3.05, 3.63) is 34.0 Å². The number of fused-ring (bicyclic) bond motifs is 1. The first-order valence-electron chi connectivity index (χ1n) is 5.45. The summed E-state index contributed by atoms with van der Waals surface area (Å²) in [6.07, 6.45) is 0.227. The molecule has 3 nitrogen and oxygen atoms in total. The standard InChI is InChI=1S/C13H13BrO3/c1-3-16-12(15)7-10-9-6-8(2)4-5-11(9)17-13(10)14/h4-6H,3,7H2,1-2H3. The van der Waals surface area contributed by atoms with Gasteiger partial charge < -0.3 is 9.15 Å². The quantitative estimate of drug-likeness (QED) is 0.812. The fourth-order valence-electron chi connectivity index (χ4n) is 1.75. The zero-order chi connectivity index (χ0) is 12.4. The lowest BCUT2D eigenvalue weighted by molar-refractivity contribution is -0.142. The lowest BCUT2D eigenvalue weighted by Gasteiger charge is -2.00. The van der Waals surface area contributed by atoms with Gasteiger partial charge in [0, 0.05) is 10.9 Å². The molecule has 0 aliphatic rings. The van der Waals surface area contributed by atoms with Crippen LogP contribution in [0.2, 0.25) is 0 Å². The number of ether oxygens (including phenoxy) is 1. The van der Waals surface area contributed by atoms with Crippen LogP contribution in [-0.2, 0) is 16.0 Å². The number of rotatable bonds is 3. The molecule has 0 fully saturated rings. The summed E-state index contributed by atoms with van der Waals surface area (Å²) in [7, 11) is 0. The predicted octanol–water partition coefficient (Wildman–Crippen LogP) is 3.61. The fraction of sp³-hybridized carbons (Fsp3) is 0.308. The second kappa shape index (κ2) is 4.92.